The summed E-state index contributed by atoms with van der Waals surface area (Å²) < 4.78 is 5.35. The molecule has 0 amide bonds. The molecule has 1 aliphatic rings. The Morgan fingerprint density at radius 2 is 1.94 bits per heavy atom. The molecule has 1 fully saturated rings. The zero-order chi connectivity index (χ0) is 12.8. The van der Waals surface area contributed by atoms with E-state index < -0.39 is 0 Å². The lowest BCUT2D eigenvalue weighted by molar-refractivity contribution is 0.415. The van der Waals surface area contributed by atoms with Gasteiger partial charge in [0.1, 0.15) is 11.8 Å². The maximum atomic E-state index is 9.18. The first-order valence-corrected chi connectivity index (χ1v) is 6.69. The van der Waals surface area contributed by atoms with Crippen LogP contribution in [0.15, 0.2) is 18.2 Å². The van der Waals surface area contributed by atoms with Crippen molar-refractivity contribution in [2.24, 2.45) is 0 Å². The molecule has 0 bridgehead atoms. The van der Waals surface area contributed by atoms with Crippen LogP contribution in [-0.4, -0.2) is 13.2 Å². The number of hydrogen-bond acceptors (Lipinski definition) is 3. The van der Waals surface area contributed by atoms with Crippen molar-refractivity contribution in [2.45, 2.75) is 44.6 Å². The van der Waals surface area contributed by atoms with E-state index in [0.717, 1.165) is 11.4 Å². The second-order valence-electron chi connectivity index (χ2n) is 4.83. The third kappa shape index (κ3) is 2.95. The van der Waals surface area contributed by atoms with Crippen LogP contribution < -0.4 is 10.1 Å². The van der Waals surface area contributed by atoms with Gasteiger partial charge in [0.15, 0.2) is 0 Å². The van der Waals surface area contributed by atoms with Gasteiger partial charge in [-0.25, -0.2) is 0 Å². The van der Waals surface area contributed by atoms with E-state index in [1.54, 1.807) is 7.11 Å². The van der Waals surface area contributed by atoms with Gasteiger partial charge in [-0.15, -0.1) is 0 Å². The Morgan fingerprint density at radius 3 is 2.56 bits per heavy atom. The van der Waals surface area contributed by atoms with Crippen molar-refractivity contribution in [2.75, 3.05) is 12.4 Å². The molecule has 1 aromatic carbocycles. The summed E-state index contributed by atoms with van der Waals surface area (Å²) in [4.78, 5) is 0. The SMILES string of the molecule is COc1cccc(C#N)c1NC1CCCCCC1. The molecule has 0 saturated heterocycles. The monoisotopic (exact) mass is 244 g/mol. The van der Waals surface area contributed by atoms with E-state index in [9.17, 15) is 5.26 Å². The third-order valence-electron chi connectivity index (χ3n) is 3.57. The van der Waals surface area contributed by atoms with E-state index in [4.69, 9.17) is 4.74 Å². The summed E-state index contributed by atoms with van der Waals surface area (Å²) in [7, 11) is 1.65. The van der Waals surface area contributed by atoms with E-state index in [2.05, 4.69) is 11.4 Å². The normalized spacial score (nSPS) is 16.7. The molecule has 0 aromatic heterocycles. The molecule has 96 valence electrons. The standard InChI is InChI=1S/C15H20N2O/c1-18-14-10-6-7-12(11-16)15(14)17-13-8-4-2-3-5-9-13/h6-7,10,13,17H,2-5,8-9H2,1H3. The fourth-order valence-corrected chi connectivity index (χ4v) is 2.57. The van der Waals surface area contributed by atoms with Crippen molar-refractivity contribution < 1.29 is 4.74 Å². The average molecular weight is 244 g/mol. The molecule has 0 radical (unpaired) electrons. The minimum atomic E-state index is 0.468. The second kappa shape index (κ2) is 6.30. The highest BCUT2D eigenvalue weighted by Crippen LogP contribution is 2.30. The van der Waals surface area contributed by atoms with E-state index in [1.165, 1.54) is 38.5 Å². The second-order valence-corrected chi connectivity index (χ2v) is 4.83. The van der Waals surface area contributed by atoms with Crippen LogP contribution >= 0.6 is 0 Å². The highest BCUT2D eigenvalue weighted by atomic mass is 16.5. The summed E-state index contributed by atoms with van der Waals surface area (Å²) in [5.41, 5.74) is 1.52. The number of para-hydroxylation sites is 1. The number of nitrogens with zero attached hydrogens (tertiary/aromatic N) is 1. The highest BCUT2D eigenvalue weighted by Gasteiger charge is 2.16. The molecule has 3 nitrogen and oxygen atoms in total. The van der Waals surface area contributed by atoms with Gasteiger partial charge in [-0.2, -0.15) is 5.26 Å². The largest absolute Gasteiger partial charge is 0.495 e. The van der Waals surface area contributed by atoms with Crippen molar-refractivity contribution in [3.63, 3.8) is 0 Å². The van der Waals surface area contributed by atoms with Gasteiger partial charge in [0.2, 0.25) is 0 Å². The van der Waals surface area contributed by atoms with Crippen LogP contribution in [0.1, 0.15) is 44.1 Å². The highest BCUT2D eigenvalue weighted by molar-refractivity contribution is 5.66. The Balaban J connectivity index is 2.18. The van der Waals surface area contributed by atoms with E-state index in [0.29, 0.717) is 11.6 Å². The molecule has 1 saturated carbocycles. The Labute approximate surface area is 109 Å². The van der Waals surface area contributed by atoms with Crippen molar-refractivity contribution in [3.8, 4) is 11.8 Å². The molecule has 3 heteroatoms. The quantitative estimate of drug-likeness (QED) is 0.824. The predicted molar refractivity (Wildman–Crippen MR) is 72.8 cm³/mol. The van der Waals surface area contributed by atoms with Crippen molar-refractivity contribution >= 4 is 5.69 Å². The van der Waals surface area contributed by atoms with Gasteiger partial charge in [0.25, 0.3) is 0 Å². The summed E-state index contributed by atoms with van der Waals surface area (Å²) in [5.74, 6) is 0.762. The number of methoxy groups -OCH3 is 1. The number of anilines is 1. The summed E-state index contributed by atoms with van der Waals surface area (Å²) in [6.45, 7) is 0. The molecule has 2 rings (SSSR count). The average Bonchev–Trinajstić information content (AvgIpc) is 2.67. The summed E-state index contributed by atoms with van der Waals surface area (Å²) in [6, 6.07) is 8.30. The van der Waals surface area contributed by atoms with Crippen LogP contribution in [0.5, 0.6) is 5.75 Å². The Morgan fingerprint density at radius 1 is 1.22 bits per heavy atom. The first-order valence-electron chi connectivity index (χ1n) is 6.69. The predicted octanol–water partition coefficient (Wildman–Crippen LogP) is 3.70. The Kier molecular flexibility index (Phi) is 4.46. The molecule has 18 heavy (non-hydrogen) atoms. The van der Waals surface area contributed by atoms with Crippen molar-refractivity contribution in [1.82, 2.24) is 0 Å². The van der Waals surface area contributed by atoms with Crippen LogP contribution in [-0.2, 0) is 0 Å². The molecule has 0 aliphatic heterocycles. The van der Waals surface area contributed by atoms with Gasteiger partial charge >= 0.3 is 0 Å². The molecular formula is C15H20N2O. The zero-order valence-corrected chi connectivity index (χ0v) is 10.9. The van der Waals surface area contributed by atoms with Crippen molar-refractivity contribution in [3.05, 3.63) is 23.8 Å². The van der Waals surface area contributed by atoms with Gasteiger partial charge in [-0.05, 0) is 25.0 Å². The molecule has 1 aromatic rings. The van der Waals surface area contributed by atoms with E-state index in [1.807, 2.05) is 18.2 Å². The molecule has 0 atom stereocenters. The number of benzene rings is 1. The number of nitrogens with one attached hydrogen (secondary N) is 1. The van der Waals surface area contributed by atoms with Crippen LogP contribution in [0.2, 0.25) is 0 Å². The van der Waals surface area contributed by atoms with Gasteiger partial charge in [-0.3, -0.25) is 0 Å². The van der Waals surface area contributed by atoms with Crippen LogP contribution in [0, 0.1) is 11.3 Å². The minimum absolute atomic E-state index is 0.468. The molecule has 0 unspecified atom stereocenters. The van der Waals surface area contributed by atoms with Crippen molar-refractivity contribution in [1.29, 1.82) is 5.26 Å². The number of rotatable bonds is 3. The number of nitriles is 1. The summed E-state index contributed by atoms with van der Waals surface area (Å²) in [5, 5.41) is 12.7. The Bertz CT molecular complexity index is 429. The molecule has 1 aliphatic carbocycles. The topological polar surface area (TPSA) is 45.0 Å². The summed E-state index contributed by atoms with van der Waals surface area (Å²) in [6.07, 6.45) is 7.57. The lowest BCUT2D eigenvalue weighted by atomic mass is 10.1. The lowest BCUT2D eigenvalue weighted by Gasteiger charge is -2.20. The van der Waals surface area contributed by atoms with Gasteiger partial charge in [0.05, 0.1) is 18.4 Å². The van der Waals surface area contributed by atoms with Gasteiger partial charge in [0, 0.05) is 6.04 Å². The van der Waals surface area contributed by atoms with Crippen LogP contribution in [0.4, 0.5) is 5.69 Å². The number of ether oxygens (including phenoxy) is 1. The zero-order valence-electron chi connectivity index (χ0n) is 10.9. The minimum Gasteiger partial charge on any atom is -0.495 e. The first kappa shape index (κ1) is 12.8. The Hall–Kier alpha value is -1.69. The van der Waals surface area contributed by atoms with E-state index in [-0.39, 0.29) is 0 Å². The van der Waals surface area contributed by atoms with Crippen LogP contribution in [0.3, 0.4) is 0 Å². The fourth-order valence-electron chi connectivity index (χ4n) is 2.57. The summed E-state index contributed by atoms with van der Waals surface area (Å²) >= 11 is 0. The molecule has 1 N–H and O–H groups in total. The smallest absolute Gasteiger partial charge is 0.143 e. The maximum Gasteiger partial charge on any atom is 0.143 e. The van der Waals surface area contributed by atoms with Gasteiger partial charge in [-0.1, -0.05) is 31.7 Å². The van der Waals surface area contributed by atoms with Crippen LogP contribution in [0.25, 0.3) is 0 Å². The maximum absolute atomic E-state index is 9.18. The molecule has 0 spiro atoms. The molecule has 0 heterocycles. The van der Waals surface area contributed by atoms with Gasteiger partial charge < -0.3 is 10.1 Å². The number of hydrogen-bond donors (Lipinski definition) is 1. The fraction of sp³-hybridized carbons (Fsp3) is 0.533. The van der Waals surface area contributed by atoms with E-state index >= 15 is 0 Å². The first-order chi connectivity index (χ1) is 8.85. The lowest BCUT2D eigenvalue weighted by Crippen LogP contribution is -2.19. The molecular weight excluding hydrogens is 224 g/mol. The third-order valence-corrected chi connectivity index (χ3v) is 3.57.